The molecule has 2 aromatic carbocycles. The molecule has 0 spiro atoms. The lowest BCUT2D eigenvalue weighted by Gasteiger charge is -2.28. The molecule has 0 aliphatic carbocycles. The standard InChI is InChI=1S/C23H22FNO4/c1-14-19-4-2-3-5-20(19)23(28)25(16-8-6-15(24)7-9-16)21(14)11-10-18-12-17(26)13-22(27)29-18/h2-11,17-18,22,26-27H,12-13H2,1H3/b11-10+/t17-,18-,22?/m1/s1. The smallest absolute Gasteiger partial charge is 0.263 e. The summed E-state index contributed by atoms with van der Waals surface area (Å²) in [5, 5.41) is 21.0. The first-order valence-corrected chi connectivity index (χ1v) is 9.54. The van der Waals surface area contributed by atoms with Gasteiger partial charge in [-0.15, -0.1) is 0 Å². The minimum Gasteiger partial charge on any atom is -0.393 e. The second-order valence-electron chi connectivity index (χ2n) is 7.29. The van der Waals surface area contributed by atoms with Crippen LogP contribution in [-0.4, -0.2) is 33.3 Å². The average molecular weight is 395 g/mol. The van der Waals surface area contributed by atoms with Crippen molar-refractivity contribution in [3.05, 3.63) is 82.0 Å². The summed E-state index contributed by atoms with van der Waals surface area (Å²) >= 11 is 0. The van der Waals surface area contributed by atoms with E-state index in [1.165, 1.54) is 12.1 Å². The molecule has 3 atom stereocenters. The molecule has 1 unspecified atom stereocenters. The van der Waals surface area contributed by atoms with Crippen molar-refractivity contribution in [1.82, 2.24) is 4.57 Å². The van der Waals surface area contributed by atoms with Crippen LogP contribution in [0.3, 0.4) is 0 Å². The Balaban J connectivity index is 1.88. The van der Waals surface area contributed by atoms with E-state index in [2.05, 4.69) is 0 Å². The molecule has 0 bridgehead atoms. The molecule has 1 saturated heterocycles. The van der Waals surface area contributed by atoms with E-state index >= 15 is 0 Å². The van der Waals surface area contributed by atoms with Crippen LogP contribution in [0.4, 0.5) is 4.39 Å². The normalized spacial score (nSPS) is 22.4. The molecule has 150 valence electrons. The number of rotatable bonds is 3. The Bertz CT molecular complexity index is 1110. The van der Waals surface area contributed by atoms with Gasteiger partial charge in [-0.25, -0.2) is 4.39 Å². The predicted molar refractivity (Wildman–Crippen MR) is 109 cm³/mol. The van der Waals surface area contributed by atoms with E-state index in [4.69, 9.17) is 4.74 Å². The Hall–Kier alpha value is -2.80. The first-order chi connectivity index (χ1) is 13.9. The highest BCUT2D eigenvalue weighted by atomic mass is 19.1. The van der Waals surface area contributed by atoms with Crippen molar-refractivity contribution in [3.8, 4) is 5.69 Å². The van der Waals surface area contributed by atoms with Gasteiger partial charge in [-0.3, -0.25) is 9.36 Å². The van der Waals surface area contributed by atoms with Crippen molar-refractivity contribution >= 4 is 16.8 Å². The molecule has 1 aliphatic rings. The van der Waals surface area contributed by atoms with Gasteiger partial charge >= 0.3 is 0 Å². The molecule has 3 aromatic rings. The number of hydrogen-bond acceptors (Lipinski definition) is 4. The molecular formula is C23H22FNO4. The van der Waals surface area contributed by atoms with E-state index in [9.17, 15) is 19.4 Å². The third-order valence-electron chi connectivity index (χ3n) is 5.25. The fourth-order valence-corrected chi connectivity index (χ4v) is 3.81. The summed E-state index contributed by atoms with van der Waals surface area (Å²) in [4.78, 5) is 13.3. The minimum atomic E-state index is -1.02. The maximum Gasteiger partial charge on any atom is 0.263 e. The molecule has 0 amide bonds. The van der Waals surface area contributed by atoms with Crippen LogP contribution in [0, 0.1) is 12.7 Å². The van der Waals surface area contributed by atoms with Gasteiger partial charge in [0.2, 0.25) is 0 Å². The zero-order chi connectivity index (χ0) is 20.5. The fourth-order valence-electron chi connectivity index (χ4n) is 3.81. The van der Waals surface area contributed by atoms with Crippen LogP contribution in [0.5, 0.6) is 0 Å². The number of halogens is 1. The number of hydrogen-bond donors (Lipinski definition) is 2. The molecule has 1 aliphatic heterocycles. The lowest BCUT2D eigenvalue weighted by molar-refractivity contribution is -0.175. The Morgan fingerprint density at radius 1 is 1.07 bits per heavy atom. The maximum atomic E-state index is 13.4. The van der Waals surface area contributed by atoms with E-state index in [0.29, 0.717) is 23.2 Å². The largest absolute Gasteiger partial charge is 0.393 e. The second-order valence-corrected chi connectivity index (χ2v) is 7.29. The first-order valence-electron chi connectivity index (χ1n) is 9.54. The van der Waals surface area contributed by atoms with Crippen LogP contribution in [0.15, 0.2) is 59.4 Å². The van der Waals surface area contributed by atoms with Crippen LogP contribution in [0.1, 0.15) is 24.1 Å². The fraction of sp³-hybridized carbons (Fsp3) is 0.261. The molecule has 0 saturated carbocycles. The quantitative estimate of drug-likeness (QED) is 0.714. The summed E-state index contributed by atoms with van der Waals surface area (Å²) in [5.41, 5.74) is 1.87. The molecular weight excluding hydrogens is 373 g/mol. The third-order valence-corrected chi connectivity index (χ3v) is 5.25. The highest BCUT2D eigenvalue weighted by molar-refractivity contribution is 5.87. The monoisotopic (exact) mass is 395 g/mol. The Morgan fingerprint density at radius 2 is 1.76 bits per heavy atom. The SMILES string of the molecule is Cc1c(/C=C/[C@@H]2C[C@@H](O)CC(O)O2)n(-c2ccc(F)cc2)c(=O)c2ccccc12. The van der Waals surface area contributed by atoms with Gasteiger partial charge in [0.15, 0.2) is 6.29 Å². The zero-order valence-electron chi connectivity index (χ0n) is 16.0. The molecule has 2 heterocycles. The van der Waals surface area contributed by atoms with Gasteiger partial charge in [0.25, 0.3) is 5.56 Å². The lowest BCUT2D eigenvalue weighted by atomic mass is 10.0. The number of fused-ring (bicyclic) bond motifs is 1. The molecule has 29 heavy (non-hydrogen) atoms. The number of aromatic nitrogens is 1. The third kappa shape index (κ3) is 3.87. The molecule has 0 radical (unpaired) electrons. The van der Waals surface area contributed by atoms with Crippen LogP contribution in [-0.2, 0) is 4.74 Å². The number of nitrogens with zero attached hydrogens (tertiary/aromatic N) is 1. The van der Waals surface area contributed by atoms with Gasteiger partial charge < -0.3 is 14.9 Å². The highest BCUT2D eigenvalue weighted by Gasteiger charge is 2.25. The molecule has 1 fully saturated rings. The lowest BCUT2D eigenvalue weighted by Crippen LogP contribution is -2.34. The van der Waals surface area contributed by atoms with Gasteiger partial charge in [-0.1, -0.05) is 24.3 Å². The zero-order valence-corrected chi connectivity index (χ0v) is 16.0. The number of benzene rings is 2. The molecule has 2 N–H and O–H groups in total. The predicted octanol–water partition coefficient (Wildman–Crippen LogP) is 3.31. The number of aliphatic hydroxyl groups is 2. The number of aryl methyl sites for hydroxylation is 1. The van der Waals surface area contributed by atoms with Crippen LogP contribution in [0.2, 0.25) is 0 Å². The van der Waals surface area contributed by atoms with E-state index in [1.54, 1.807) is 34.9 Å². The Kier molecular flexibility index (Phi) is 5.32. The Morgan fingerprint density at radius 3 is 2.45 bits per heavy atom. The van der Waals surface area contributed by atoms with Gasteiger partial charge in [-0.05, 0) is 54.3 Å². The minimum absolute atomic E-state index is 0.180. The van der Waals surface area contributed by atoms with Gasteiger partial charge in [0.1, 0.15) is 5.82 Å². The summed E-state index contributed by atoms with van der Waals surface area (Å²) in [5.74, 6) is -0.380. The molecule has 6 heteroatoms. The van der Waals surface area contributed by atoms with Crippen molar-refractivity contribution in [2.75, 3.05) is 0 Å². The van der Waals surface area contributed by atoms with Crippen molar-refractivity contribution in [2.24, 2.45) is 0 Å². The van der Waals surface area contributed by atoms with Crippen LogP contribution >= 0.6 is 0 Å². The van der Waals surface area contributed by atoms with Crippen LogP contribution in [0.25, 0.3) is 22.5 Å². The van der Waals surface area contributed by atoms with Crippen molar-refractivity contribution < 1.29 is 19.3 Å². The van der Waals surface area contributed by atoms with Crippen molar-refractivity contribution in [1.29, 1.82) is 0 Å². The van der Waals surface area contributed by atoms with Gasteiger partial charge in [-0.2, -0.15) is 0 Å². The summed E-state index contributed by atoms with van der Waals surface area (Å²) < 4.78 is 20.4. The van der Waals surface area contributed by atoms with E-state index < -0.39 is 18.5 Å². The van der Waals surface area contributed by atoms with E-state index in [1.807, 2.05) is 25.1 Å². The van der Waals surface area contributed by atoms with Crippen molar-refractivity contribution in [3.63, 3.8) is 0 Å². The van der Waals surface area contributed by atoms with Crippen molar-refractivity contribution in [2.45, 2.75) is 38.3 Å². The molecule has 1 aromatic heterocycles. The van der Waals surface area contributed by atoms with E-state index in [-0.39, 0.29) is 17.8 Å². The molecule has 4 rings (SSSR count). The Labute approximate surface area is 167 Å². The van der Waals surface area contributed by atoms with Crippen LogP contribution < -0.4 is 5.56 Å². The highest BCUT2D eigenvalue weighted by Crippen LogP contribution is 2.25. The molecule has 5 nitrogen and oxygen atoms in total. The number of aliphatic hydroxyl groups excluding tert-OH is 2. The topological polar surface area (TPSA) is 71.7 Å². The maximum absolute atomic E-state index is 13.4. The number of ether oxygens (including phenoxy) is 1. The summed E-state index contributed by atoms with van der Waals surface area (Å²) in [6.07, 6.45) is 1.90. The summed E-state index contributed by atoms with van der Waals surface area (Å²) in [6, 6.07) is 13.1. The first kappa shape index (κ1) is 19.5. The second kappa shape index (κ2) is 7.91. The summed E-state index contributed by atoms with van der Waals surface area (Å²) in [6.45, 7) is 1.92. The summed E-state index contributed by atoms with van der Waals surface area (Å²) in [7, 11) is 0. The average Bonchev–Trinajstić information content (AvgIpc) is 2.70. The van der Waals surface area contributed by atoms with Gasteiger partial charge in [0, 0.05) is 23.9 Å². The number of pyridine rings is 1. The van der Waals surface area contributed by atoms with E-state index in [0.717, 1.165) is 10.9 Å². The van der Waals surface area contributed by atoms with Gasteiger partial charge in [0.05, 0.1) is 17.9 Å².